The van der Waals surface area contributed by atoms with Gasteiger partial charge in [0, 0.05) is 19.8 Å². The molecule has 0 spiro atoms. The van der Waals surface area contributed by atoms with E-state index >= 15 is 0 Å². The lowest BCUT2D eigenvalue weighted by atomic mass is 9.75. The number of allylic oxidation sites excluding steroid dienone is 2. The Morgan fingerprint density at radius 3 is 2.39 bits per heavy atom. The van der Waals surface area contributed by atoms with Crippen LogP contribution in [-0.2, 0) is 32.0 Å². The maximum absolute atomic E-state index is 13.4. The number of fused-ring (bicyclic) bond motifs is 1. The van der Waals surface area contributed by atoms with Crippen molar-refractivity contribution in [2.24, 2.45) is 5.16 Å². The molecule has 2 aliphatic carbocycles. The number of carbonyl (C=O) groups excluding carboxylic acids is 2. The summed E-state index contributed by atoms with van der Waals surface area (Å²) in [6, 6.07) is 0. The molecule has 2 aliphatic rings. The quantitative estimate of drug-likeness (QED) is 0.326. The zero-order valence-electron chi connectivity index (χ0n) is 19.8. The summed E-state index contributed by atoms with van der Waals surface area (Å²) in [5.41, 5.74) is 9.19. The highest BCUT2D eigenvalue weighted by atomic mass is 16.6. The number of rotatable bonds is 7. The number of oxime groups is 1. The SMILES string of the molecule is CCCC(=NOCC)C1=C(OC(C)=O)CC(c2c(C)c(C)c(C)c3c2CCC3)CC1=O. The number of ketones is 1. The normalized spacial score (nSPS) is 19.0. The van der Waals surface area contributed by atoms with E-state index in [1.165, 1.54) is 40.3 Å². The molecule has 5 nitrogen and oxygen atoms in total. The van der Waals surface area contributed by atoms with Crippen molar-refractivity contribution in [2.75, 3.05) is 6.61 Å². The largest absolute Gasteiger partial charge is 0.430 e. The molecule has 3 rings (SSSR count). The zero-order chi connectivity index (χ0) is 22.7. The van der Waals surface area contributed by atoms with Gasteiger partial charge in [-0.2, -0.15) is 0 Å². The van der Waals surface area contributed by atoms with Crippen molar-refractivity contribution in [3.63, 3.8) is 0 Å². The number of esters is 1. The van der Waals surface area contributed by atoms with Crippen molar-refractivity contribution in [3.8, 4) is 0 Å². The number of hydrogen-bond acceptors (Lipinski definition) is 5. The molecule has 1 atom stereocenters. The molecular formula is C26H35NO4. The van der Waals surface area contributed by atoms with Gasteiger partial charge in [0.15, 0.2) is 5.78 Å². The molecule has 0 amide bonds. The van der Waals surface area contributed by atoms with Crippen LogP contribution in [0, 0.1) is 20.8 Å². The Kier molecular flexibility index (Phi) is 7.34. The maximum Gasteiger partial charge on any atom is 0.307 e. The Labute approximate surface area is 185 Å². The number of ether oxygens (including phenoxy) is 1. The van der Waals surface area contributed by atoms with Crippen LogP contribution in [0.5, 0.6) is 0 Å². The molecule has 1 aromatic carbocycles. The Morgan fingerprint density at radius 2 is 1.74 bits per heavy atom. The summed E-state index contributed by atoms with van der Waals surface area (Å²) in [6.45, 7) is 12.3. The van der Waals surface area contributed by atoms with Gasteiger partial charge in [-0.05, 0) is 92.7 Å². The van der Waals surface area contributed by atoms with Gasteiger partial charge in [-0.3, -0.25) is 9.59 Å². The van der Waals surface area contributed by atoms with Crippen LogP contribution in [0.2, 0.25) is 0 Å². The predicted octanol–water partition coefficient (Wildman–Crippen LogP) is 5.56. The number of hydrogen-bond donors (Lipinski definition) is 0. The second-order valence-corrected chi connectivity index (χ2v) is 8.73. The average Bonchev–Trinajstić information content (AvgIpc) is 3.19. The van der Waals surface area contributed by atoms with Gasteiger partial charge < -0.3 is 9.57 Å². The van der Waals surface area contributed by atoms with Crippen LogP contribution in [0.4, 0.5) is 0 Å². The molecule has 1 unspecified atom stereocenters. The zero-order valence-corrected chi connectivity index (χ0v) is 19.8. The van der Waals surface area contributed by atoms with Gasteiger partial charge in [-0.1, -0.05) is 18.5 Å². The maximum atomic E-state index is 13.4. The van der Waals surface area contributed by atoms with E-state index in [9.17, 15) is 9.59 Å². The first-order chi connectivity index (χ1) is 14.8. The van der Waals surface area contributed by atoms with Gasteiger partial charge in [0.1, 0.15) is 12.4 Å². The van der Waals surface area contributed by atoms with Crippen molar-refractivity contribution in [3.05, 3.63) is 44.7 Å². The lowest BCUT2D eigenvalue weighted by molar-refractivity contribution is -0.137. The van der Waals surface area contributed by atoms with E-state index in [0.717, 1.165) is 25.7 Å². The summed E-state index contributed by atoms with van der Waals surface area (Å²) in [4.78, 5) is 30.6. The van der Waals surface area contributed by atoms with Gasteiger partial charge in [-0.15, -0.1) is 0 Å². The third-order valence-corrected chi connectivity index (χ3v) is 6.70. The molecule has 0 saturated heterocycles. The molecule has 0 N–H and O–H groups in total. The van der Waals surface area contributed by atoms with Crippen molar-refractivity contribution in [1.29, 1.82) is 0 Å². The fourth-order valence-corrected chi connectivity index (χ4v) is 5.21. The Morgan fingerprint density at radius 1 is 1.03 bits per heavy atom. The molecule has 31 heavy (non-hydrogen) atoms. The first-order valence-corrected chi connectivity index (χ1v) is 11.5. The summed E-state index contributed by atoms with van der Waals surface area (Å²) in [5.74, 6) is 0.0516. The Hall–Kier alpha value is -2.43. The third-order valence-electron chi connectivity index (χ3n) is 6.70. The van der Waals surface area contributed by atoms with E-state index in [4.69, 9.17) is 9.57 Å². The van der Waals surface area contributed by atoms with Crippen LogP contribution in [-0.4, -0.2) is 24.1 Å². The van der Waals surface area contributed by atoms with Gasteiger partial charge >= 0.3 is 5.97 Å². The monoisotopic (exact) mass is 425 g/mol. The predicted molar refractivity (Wildman–Crippen MR) is 122 cm³/mol. The van der Waals surface area contributed by atoms with Crippen LogP contribution in [0.15, 0.2) is 16.5 Å². The van der Waals surface area contributed by atoms with Crippen molar-refractivity contribution >= 4 is 17.5 Å². The minimum atomic E-state index is -0.407. The highest BCUT2D eigenvalue weighted by Gasteiger charge is 2.36. The summed E-state index contributed by atoms with van der Waals surface area (Å²) >= 11 is 0. The highest BCUT2D eigenvalue weighted by Crippen LogP contribution is 2.43. The molecule has 5 heteroatoms. The summed E-state index contributed by atoms with van der Waals surface area (Å²) in [6.07, 6.45) is 5.69. The standard InChI is InChI=1S/C26H35NO4/c1-7-10-22(27-30-8-2)26-23(29)13-19(14-24(26)31-18(6)28)25-17(5)15(3)16(4)20-11-9-12-21(20)25/h19H,7-14H2,1-6H3. The molecule has 0 saturated carbocycles. The van der Waals surface area contributed by atoms with Crippen molar-refractivity contribution in [1.82, 2.24) is 0 Å². The molecule has 168 valence electrons. The highest BCUT2D eigenvalue weighted by molar-refractivity contribution is 6.23. The third kappa shape index (κ3) is 4.60. The van der Waals surface area contributed by atoms with Gasteiger partial charge in [-0.25, -0.2) is 0 Å². The van der Waals surface area contributed by atoms with Crippen LogP contribution >= 0.6 is 0 Å². The van der Waals surface area contributed by atoms with E-state index in [1.807, 2.05) is 13.8 Å². The molecule has 0 aliphatic heterocycles. The lowest BCUT2D eigenvalue weighted by Gasteiger charge is -2.30. The lowest BCUT2D eigenvalue weighted by Crippen LogP contribution is -2.27. The smallest absolute Gasteiger partial charge is 0.307 e. The van der Waals surface area contributed by atoms with E-state index < -0.39 is 5.97 Å². The summed E-state index contributed by atoms with van der Waals surface area (Å²) < 4.78 is 5.63. The molecule has 0 aromatic heterocycles. The number of benzene rings is 1. The first-order valence-electron chi connectivity index (χ1n) is 11.5. The Bertz CT molecular complexity index is 955. The number of Topliss-reactive ketones (excluding diaryl/α,β-unsaturated/α-hetero) is 1. The van der Waals surface area contributed by atoms with Crippen molar-refractivity contribution < 1.29 is 19.2 Å². The van der Waals surface area contributed by atoms with Gasteiger partial charge in [0.05, 0.1) is 11.3 Å². The average molecular weight is 426 g/mol. The minimum absolute atomic E-state index is 0.0104. The van der Waals surface area contributed by atoms with E-state index in [0.29, 0.717) is 42.9 Å². The summed E-state index contributed by atoms with van der Waals surface area (Å²) in [7, 11) is 0. The number of nitrogens with zero attached hydrogens (tertiary/aromatic N) is 1. The molecule has 0 fully saturated rings. The van der Waals surface area contributed by atoms with Crippen LogP contribution in [0.3, 0.4) is 0 Å². The van der Waals surface area contributed by atoms with E-state index in [1.54, 1.807) is 0 Å². The molecule has 0 bridgehead atoms. The van der Waals surface area contributed by atoms with Crippen LogP contribution in [0.1, 0.15) is 92.2 Å². The summed E-state index contributed by atoms with van der Waals surface area (Å²) in [5, 5.41) is 4.21. The molecular weight excluding hydrogens is 390 g/mol. The number of carbonyl (C=O) groups is 2. The second kappa shape index (κ2) is 9.80. The van der Waals surface area contributed by atoms with E-state index in [2.05, 4.69) is 25.9 Å². The fraction of sp³-hybridized carbons (Fsp3) is 0.577. The van der Waals surface area contributed by atoms with E-state index in [-0.39, 0.29) is 11.7 Å². The Balaban J connectivity index is 2.11. The van der Waals surface area contributed by atoms with Crippen molar-refractivity contribution in [2.45, 2.75) is 92.4 Å². The van der Waals surface area contributed by atoms with Crippen LogP contribution < -0.4 is 0 Å². The first kappa shape index (κ1) is 23.2. The second-order valence-electron chi connectivity index (χ2n) is 8.73. The minimum Gasteiger partial charge on any atom is -0.430 e. The van der Waals surface area contributed by atoms with Gasteiger partial charge in [0.2, 0.25) is 0 Å². The molecule has 1 aromatic rings. The topological polar surface area (TPSA) is 65.0 Å². The molecule has 0 heterocycles. The molecule has 0 radical (unpaired) electrons. The van der Waals surface area contributed by atoms with Crippen LogP contribution in [0.25, 0.3) is 0 Å². The fourth-order valence-electron chi connectivity index (χ4n) is 5.21. The van der Waals surface area contributed by atoms with Gasteiger partial charge in [0.25, 0.3) is 0 Å².